The van der Waals surface area contributed by atoms with Crippen molar-refractivity contribution in [2.45, 2.75) is 12.8 Å². The van der Waals surface area contributed by atoms with Gasteiger partial charge in [0.1, 0.15) is 5.75 Å². The van der Waals surface area contributed by atoms with Crippen molar-refractivity contribution in [2.75, 3.05) is 6.61 Å². The Morgan fingerprint density at radius 1 is 1.23 bits per heavy atom. The van der Waals surface area contributed by atoms with Crippen molar-refractivity contribution in [1.29, 1.82) is 0 Å². The molecule has 1 aliphatic carbocycles. The van der Waals surface area contributed by atoms with E-state index >= 15 is 0 Å². The molecule has 0 spiro atoms. The monoisotopic (exact) mass is 173 g/mol. The van der Waals surface area contributed by atoms with Gasteiger partial charge in [-0.25, -0.2) is 0 Å². The summed E-state index contributed by atoms with van der Waals surface area (Å²) in [6.45, 7) is 0.610. The maximum Gasteiger partial charge on any atom is 0.163 e. The first kappa shape index (κ1) is 7.13. The Kier molecular flexibility index (Phi) is 1.29. The van der Waals surface area contributed by atoms with Gasteiger partial charge in [-0.2, -0.15) is 0 Å². The van der Waals surface area contributed by atoms with Crippen LogP contribution in [0.2, 0.25) is 0 Å². The van der Waals surface area contributed by atoms with Gasteiger partial charge in [-0.05, 0) is 18.1 Å². The number of ether oxygens (including phenoxy) is 1. The summed E-state index contributed by atoms with van der Waals surface area (Å²) in [5, 5.41) is 0. The van der Waals surface area contributed by atoms with E-state index in [1.165, 1.54) is 5.56 Å². The second-order valence-electron chi connectivity index (χ2n) is 3.45. The van der Waals surface area contributed by atoms with Crippen molar-refractivity contribution in [3.8, 4) is 5.75 Å². The Labute approximate surface area is 76.5 Å². The van der Waals surface area contributed by atoms with Crippen molar-refractivity contribution in [1.82, 2.24) is 0 Å². The van der Waals surface area contributed by atoms with Gasteiger partial charge >= 0.3 is 0 Å². The van der Waals surface area contributed by atoms with E-state index in [0.717, 1.165) is 23.3 Å². The van der Waals surface area contributed by atoms with E-state index in [-0.39, 0.29) is 5.78 Å². The number of fused-ring (bicyclic) bond motifs is 3. The highest BCUT2D eigenvalue weighted by Gasteiger charge is 2.27. The molecule has 0 amide bonds. The lowest BCUT2D eigenvalue weighted by molar-refractivity contribution is 0.0994. The maximum atomic E-state index is 11.5. The normalized spacial score (nSPS) is 18.3. The summed E-state index contributed by atoms with van der Waals surface area (Å²) >= 11 is 0. The first-order valence-electron chi connectivity index (χ1n) is 4.51. The maximum absolute atomic E-state index is 11.5. The largest absolute Gasteiger partial charge is 0.493 e. The van der Waals surface area contributed by atoms with Crippen LogP contribution in [0, 0.1) is 6.42 Å². The second-order valence-corrected chi connectivity index (χ2v) is 3.45. The van der Waals surface area contributed by atoms with E-state index < -0.39 is 0 Å². The average Bonchev–Trinajstić information content (AvgIpc) is 2.70. The van der Waals surface area contributed by atoms with Gasteiger partial charge in [0.05, 0.1) is 6.61 Å². The zero-order valence-corrected chi connectivity index (χ0v) is 7.17. The van der Waals surface area contributed by atoms with E-state index in [2.05, 4.69) is 0 Å². The molecule has 1 aliphatic heterocycles. The third kappa shape index (κ3) is 0.857. The Balaban J connectivity index is 2.29. The molecule has 1 aromatic carbocycles. The number of Topliss-reactive ketones (excluding diaryl/α,β-unsaturated/α-hetero) is 1. The zero-order valence-electron chi connectivity index (χ0n) is 7.17. The SMILES string of the molecule is O=C1CCc2ccc3c(c21)[CH]CO3. The molecule has 0 bridgehead atoms. The lowest BCUT2D eigenvalue weighted by Crippen LogP contribution is -1.95. The van der Waals surface area contributed by atoms with Crippen molar-refractivity contribution < 1.29 is 9.53 Å². The molecule has 13 heavy (non-hydrogen) atoms. The molecule has 3 rings (SSSR count). The van der Waals surface area contributed by atoms with Crippen LogP contribution in [0.25, 0.3) is 0 Å². The van der Waals surface area contributed by atoms with Crippen LogP contribution in [0.15, 0.2) is 12.1 Å². The molecule has 0 N–H and O–H groups in total. The average molecular weight is 173 g/mol. The summed E-state index contributed by atoms with van der Waals surface area (Å²) in [5.74, 6) is 1.14. The van der Waals surface area contributed by atoms with Crippen LogP contribution >= 0.6 is 0 Å². The van der Waals surface area contributed by atoms with Gasteiger partial charge in [-0.15, -0.1) is 0 Å². The van der Waals surface area contributed by atoms with Gasteiger partial charge < -0.3 is 4.74 Å². The van der Waals surface area contributed by atoms with Gasteiger partial charge in [0, 0.05) is 24.0 Å². The topological polar surface area (TPSA) is 26.3 Å². The molecule has 1 heterocycles. The molecule has 2 nitrogen and oxygen atoms in total. The predicted molar refractivity (Wildman–Crippen MR) is 48.0 cm³/mol. The zero-order chi connectivity index (χ0) is 8.84. The smallest absolute Gasteiger partial charge is 0.163 e. The van der Waals surface area contributed by atoms with Crippen molar-refractivity contribution >= 4 is 5.78 Å². The number of rotatable bonds is 0. The fraction of sp³-hybridized carbons (Fsp3) is 0.273. The minimum Gasteiger partial charge on any atom is -0.493 e. The van der Waals surface area contributed by atoms with E-state index in [1.54, 1.807) is 0 Å². The summed E-state index contributed by atoms with van der Waals surface area (Å²) in [4.78, 5) is 11.5. The van der Waals surface area contributed by atoms with Crippen LogP contribution in [0.1, 0.15) is 27.9 Å². The molecular weight excluding hydrogens is 164 g/mol. The summed E-state index contributed by atoms with van der Waals surface area (Å²) in [5.41, 5.74) is 3.13. The summed E-state index contributed by atoms with van der Waals surface area (Å²) in [7, 11) is 0. The molecular formula is C11H9O2. The number of carbonyl (C=O) groups is 1. The van der Waals surface area contributed by atoms with Crippen LogP contribution in [-0.2, 0) is 6.42 Å². The molecule has 0 saturated heterocycles. The Bertz CT molecular complexity index is 393. The highest BCUT2D eigenvalue weighted by atomic mass is 16.5. The third-order valence-corrected chi connectivity index (χ3v) is 2.72. The van der Waals surface area contributed by atoms with Gasteiger partial charge in [0.2, 0.25) is 0 Å². The van der Waals surface area contributed by atoms with Gasteiger partial charge in [0.15, 0.2) is 5.78 Å². The van der Waals surface area contributed by atoms with Gasteiger partial charge in [0.25, 0.3) is 0 Å². The lowest BCUT2D eigenvalue weighted by atomic mass is 10.0. The fourth-order valence-corrected chi connectivity index (χ4v) is 2.10. The number of carbonyl (C=O) groups excluding carboxylic acids is 1. The van der Waals surface area contributed by atoms with Crippen LogP contribution in [0.5, 0.6) is 5.75 Å². The van der Waals surface area contributed by atoms with Gasteiger partial charge in [-0.1, -0.05) is 6.07 Å². The molecule has 2 heteroatoms. The van der Waals surface area contributed by atoms with Crippen LogP contribution in [0.3, 0.4) is 0 Å². The van der Waals surface area contributed by atoms with E-state index in [9.17, 15) is 4.79 Å². The van der Waals surface area contributed by atoms with Crippen LogP contribution in [-0.4, -0.2) is 12.4 Å². The minimum atomic E-state index is 0.272. The molecule has 0 unspecified atom stereocenters. The van der Waals surface area contributed by atoms with E-state index in [0.29, 0.717) is 13.0 Å². The first-order valence-corrected chi connectivity index (χ1v) is 4.51. The number of hydrogen-bond acceptors (Lipinski definition) is 2. The molecule has 2 aliphatic rings. The summed E-state index contributed by atoms with van der Waals surface area (Å²) < 4.78 is 5.36. The quantitative estimate of drug-likeness (QED) is 0.597. The van der Waals surface area contributed by atoms with Gasteiger partial charge in [-0.3, -0.25) is 4.79 Å². The predicted octanol–water partition coefficient (Wildman–Crippen LogP) is 1.76. The molecule has 0 atom stereocenters. The molecule has 0 aromatic heterocycles. The number of aryl methyl sites for hydroxylation is 1. The molecule has 65 valence electrons. The highest BCUT2D eigenvalue weighted by molar-refractivity contribution is 6.03. The van der Waals surface area contributed by atoms with Crippen LogP contribution in [0.4, 0.5) is 0 Å². The molecule has 1 radical (unpaired) electrons. The highest BCUT2D eigenvalue weighted by Crippen LogP contribution is 2.35. The Morgan fingerprint density at radius 2 is 2.15 bits per heavy atom. The summed E-state index contributed by atoms with van der Waals surface area (Å²) in [6.07, 6.45) is 3.56. The summed E-state index contributed by atoms with van der Waals surface area (Å²) in [6, 6.07) is 3.98. The first-order chi connectivity index (χ1) is 6.36. The standard InChI is InChI=1S/C11H9O2/c12-9-3-1-7-2-4-10-8(11(7)9)5-6-13-10/h2,4-5H,1,3,6H2. The molecule has 0 saturated carbocycles. The molecule has 1 aromatic rings. The lowest BCUT2D eigenvalue weighted by Gasteiger charge is -2.03. The van der Waals surface area contributed by atoms with Crippen molar-refractivity contribution in [2.24, 2.45) is 0 Å². The van der Waals surface area contributed by atoms with Crippen molar-refractivity contribution in [3.05, 3.63) is 35.2 Å². The fourth-order valence-electron chi connectivity index (χ4n) is 2.10. The number of hydrogen-bond donors (Lipinski definition) is 0. The third-order valence-electron chi connectivity index (χ3n) is 2.72. The second kappa shape index (κ2) is 2.34. The van der Waals surface area contributed by atoms with E-state index in [1.807, 2.05) is 18.6 Å². The Hall–Kier alpha value is -1.31. The van der Waals surface area contributed by atoms with E-state index in [4.69, 9.17) is 4.74 Å². The van der Waals surface area contributed by atoms with Crippen molar-refractivity contribution in [3.63, 3.8) is 0 Å². The molecule has 0 fully saturated rings. The number of benzene rings is 1. The minimum absolute atomic E-state index is 0.272. The Morgan fingerprint density at radius 3 is 3.08 bits per heavy atom. The number of ketones is 1. The van der Waals surface area contributed by atoms with Crippen LogP contribution < -0.4 is 4.74 Å².